The Bertz CT molecular complexity index is 1010. The van der Waals surface area contributed by atoms with Crippen LogP contribution in [0.3, 0.4) is 0 Å². The molecule has 0 saturated carbocycles. The molecule has 1 atom stereocenters. The SMILES string of the molecule is CCOc1c(Cl)cc(C(=O)Nc2ccc(C3(CC)CCC(=O)NC3=O)cc2)cc1OC. The largest absolute Gasteiger partial charge is 0.493 e. The minimum absolute atomic E-state index is 0.248. The van der Waals surface area contributed by atoms with Gasteiger partial charge in [0, 0.05) is 17.7 Å². The van der Waals surface area contributed by atoms with E-state index in [1.807, 2.05) is 13.8 Å². The van der Waals surface area contributed by atoms with E-state index in [1.165, 1.54) is 13.2 Å². The minimum Gasteiger partial charge on any atom is -0.493 e. The average Bonchev–Trinajstić information content (AvgIpc) is 2.76. The number of carbonyl (C=O) groups excluding carboxylic acids is 3. The molecular formula is C23H25ClN2O5. The number of benzene rings is 2. The summed E-state index contributed by atoms with van der Waals surface area (Å²) in [6.07, 6.45) is 1.34. The van der Waals surface area contributed by atoms with Crippen molar-refractivity contribution in [1.82, 2.24) is 5.32 Å². The highest BCUT2D eigenvalue weighted by Gasteiger charge is 2.42. The monoisotopic (exact) mass is 444 g/mol. The predicted molar refractivity (Wildman–Crippen MR) is 118 cm³/mol. The number of anilines is 1. The highest BCUT2D eigenvalue weighted by atomic mass is 35.5. The predicted octanol–water partition coefficient (Wildman–Crippen LogP) is 4.08. The number of methoxy groups -OCH3 is 1. The fourth-order valence-corrected chi connectivity index (χ4v) is 4.04. The van der Waals surface area contributed by atoms with Gasteiger partial charge >= 0.3 is 0 Å². The van der Waals surface area contributed by atoms with E-state index in [0.29, 0.717) is 48.6 Å². The van der Waals surface area contributed by atoms with E-state index < -0.39 is 5.41 Å². The van der Waals surface area contributed by atoms with Crippen LogP contribution in [0, 0.1) is 0 Å². The van der Waals surface area contributed by atoms with Crippen LogP contribution in [0.1, 0.15) is 49.0 Å². The topological polar surface area (TPSA) is 93.7 Å². The zero-order valence-electron chi connectivity index (χ0n) is 17.7. The number of piperidine rings is 1. The first-order valence-electron chi connectivity index (χ1n) is 10.1. The number of halogens is 1. The summed E-state index contributed by atoms with van der Waals surface area (Å²) < 4.78 is 10.8. The number of rotatable bonds is 7. The molecule has 0 aliphatic carbocycles. The number of nitrogens with one attached hydrogen (secondary N) is 2. The lowest BCUT2D eigenvalue weighted by Gasteiger charge is -2.35. The first kappa shape index (κ1) is 22.6. The third-order valence-corrected chi connectivity index (χ3v) is 5.83. The Morgan fingerprint density at radius 1 is 1.19 bits per heavy atom. The lowest BCUT2D eigenvalue weighted by Crippen LogP contribution is -2.51. The standard InChI is InChI=1S/C23H25ClN2O5/c1-4-23(11-10-19(27)26-22(23)29)15-6-8-16(9-7-15)25-21(28)14-12-17(24)20(31-5-2)18(13-14)30-3/h6-9,12-13H,4-5,10-11H2,1-3H3,(H,25,28)(H,26,27,29). The van der Waals surface area contributed by atoms with Gasteiger partial charge in [0.25, 0.3) is 5.91 Å². The van der Waals surface area contributed by atoms with E-state index in [9.17, 15) is 14.4 Å². The van der Waals surface area contributed by atoms with E-state index in [1.54, 1.807) is 30.3 Å². The van der Waals surface area contributed by atoms with Crippen molar-refractivity contribution in [3.05, 3.63) is 52.5 Å². The highest BCUT2D eigenvalue weighted by Crippen LogP contribution is 2.38. The first-order valence-corrected chi connectivity index (χ1v) is 10.5. The lowest BCUT2D eigenvalue weighted by atomic mass is 9.72. The number of ether oxygens (including phenoxy) is 2. The van der Waals surface area contributed by atoms with Crippen molar-refractivity contribution in [3.8, 4) is 11.5 Å². The highest BCUT2D eigenvalue weighted by molar-refractivity contribution is 6.32. The summed E-state index contributed by atoms with van der Waals surface area (Å²) in [5, 5.41) is 5.54. The third-order valence-electron chi connectivity index (χ3n) is 5.55. The molecule has 31 heavy (non-hydrogen) atoms. The fraction of sp³-hybridized carbons (Fsp3) is 0.348. The maximum Gasteiger partial charge on any atom is 0.255 e. The Morgan fingerprint density at radius 2 is 1.90 bits per heavy atom. The number of hydrogen-bond acceptors (Lipinski definition) is 5. The fourth-order valence-electron chi connectivity index (χ4n) is 3.78. The van der Waals surface area contributed by atoms with Gasteiger partial charge < -0.3 is 14.8 Å². The smallest absolute Gasteiger partial charge is 0.255 e. The van der Waals surface area contributed by atoms with E-state index in [2.05, 4.69) is 10.6 Å². The van der Waals surface area contributed by atoms with Crippen LogP contribution in [0.5, 0.6) is 11.5 Å². The van der Waals surface area contributed by atoms with Gasteiger partial charge in [0.05, 0.1) is 24.2 Å². The number of imide groups is 1. The summed E-state index contributed by atoms with van der Waals surface area (Å²) in [5.41, 5.74) is 0.955. The molecule has 1 unspecified atom stereocenters. The lowest BCUT2D eigenvalue weighted by molar-refractivity contribution is -0.138. The molecule has 7 nitrogen and oxygen atoms in total. The Kier molecular flexibility index (Phi) is 6.85. The number of hydrogen-bond donors (Lipinski definition) is 2. The second-order valence-electron chi connectivity index (χ2n) is 7.27. The molecule has 2 aromatic rings. The zero-order valence-corrected chi connectivity index (χ0v) is 18.5. The third kappa shape index (κ3) is 4.51. The van der Waals surface area contributed by atoms with E-state index in [-0.39, 0.29) is 22.7 Å². The van der Waals surface area contributed by atoms with Gasteiger partial charge in [-0.25, -0.2) is 0 Å². The Morgan fingerprint density at radius 3 is 2.48 bits per heavy atom. The van der Waals surface area contributed by atoms with Gasteiger partial charge in [-0.1, -0.05) is 30.7 Å². The molecule has 0 aromatic heterocycles. The van der Waals surface area contributed by atoms with Gasteiger partial charge in [0.1, 0.15) is 0 Å². The molecule has 2 aromatic carbocycles. The maximum atomic E-state index is 12.7. The molecule has 1 aliphatic heterocycles. The van der Waals surface area contributed by atoms with Crippen LogP contribution in [-0.4, -0.2) is 31.4 Å². The molecule has 2 N–H and O–H groups in total. The molecule has 164 valence electrons. The van der Waals surface area contributed by atoms with Gasteiger partial charge in [0.2, 0.25) is 11.8 Å². The molecular weight excluding hydrogens is 420 g/mol. The Hall–Kier alpha value is -3.06. The molecule has 8 heteroatoms. The van der Waals surface area contributed by atoms with Crippen LogP contribution < -0.4 is 20.1 Å². The molecule has 3 rings (SSSR count). The summed E-state index contributed by atoms with van der Waals surface area (Å²) >= 11 is 6.25. The van der Waals surface area contributed by atoms with Crippen LogP contribution in [0.4, 0.5) is 5.69 Å². The summed E-state index contributed by atoms with van der Waals surface area (Å²) in [4.78, 5) is 36.8. The van der Waals surface area contributed by atoms with Crippen molar-refractivity contribution < 1.29 is 23.9 Å². The maximum absolute atomic E-state index is 12.7. The average molecular weight is 445 g/mol. The van der Waals surface area contributed by atoms with Crippen molar-refractivity contribution in [2.24, 2.45) is 0 Å². The van der Waals surface area contributed by atoms with Crippen LogP contribution in [-0.2, 0) is 15.0 Å². The Labute approximate surface area is 186 Å². The van der Waals surface area contributed by atoms with Gasteiger partial charge in [0.15, 0.2) is 11.5 Å². The summed E-state index contributed by atoms with van der Waals surface area (Å²) in [6, 6.07) is 10.2. The minimum atomic E-state index is -0.744. The van der Waals surface area contributed by atoms with Crippen LogP contribution in [0.2, 0.25) is 5.02 Å². The molecule has 0 bridgehead atoms. The zero-order chi connectivity index (χ0) is 22.6. The normalized spacial score (nSPS) is 18.3. The number of carbonyl (C=O) groups is 3. The van der Waals surface area contributed by atoms with Crippen molar-refractivity contribution in [1.29, 1.82) is 0 Å². The molecule has 0 radical (unpaired) electrons. The van der Waals surface area contributed by atoms with Gasteiger partial charge in [-0.3, -0.25) is 19.7 Å². The Balaban J connectivity index is 1.80. The molecule has 3 amide bonds. The van der Waals surface area contributed by atoms with Crippen LogP contribution in [0.15, 0.2) is 36.4 Å². The van der Waals surface area contributed by atoms with Crippen molar-refractivity contribution in [2.45, 2.75) is 38.5 Å². The molecule has 1 heterocycles. The summed E-state index contributed by atoms with van der Waals surface area (Å²) in [6.45, 7) is 4.17. The molecule has 1 aliphatic rings. The quantitative estimate of drug-likeness (QED) is 0.627. The van der Waals surface area contributed by atoms with Crippen molar-refractivity contribution in [3.63, 3.8) is 0 Å². The van der Waals surface area contributed by atoms with Crippen LogP contribution >= 0.6 is 11.6 Å². The van der Waals surface area contributed by atoms with Crippen LogP contribution in [0.25, 0.3) is 0 Å². The van der Waals surface area contributed by atoms with Gasteiger partial charge in [-0.2, -0.15) is 0 Å². The molecule has 1 saturated heterocycles. The van der Waals surface area contributed by atoms with Crippen molar-refractivity contribution >= 4 is 35.0 Å². The van der Waals surface area contributed by atoms with E-state index in [4.69, 9.17) is 21.1 Å². The molecule has 1 fully saturated rings. The van der Waals surface area contributed by atoms with Gasteiger partial charge in [-0.15, -0.1) is 0 Å². The number of amides is 3. The summed E-state index contributed by atoms with van der Waals surface area (Å²) in [5.74, 6) is -0.122. The summed E-state index contributed by atoms with van der Waals surface area (Å²) in [7, 11) is 1.48. The van der Waals surface area contributed by atoms with Gasteiger partial charge in [-0.05, 0) is 49.6 Å². The van der Waals surface area contributed by atoms with Crippen molar-refractivity contribution in [2.75, 3.05) is 19.0 Å². The van der Waals surface area contributed by atoms with E-state index >= 15 is 0 Å². The second kappa shape index (κ2) is 9.39. The molecule has 0 spiro atoms. The van der Waals surface area contributed by atoms with E-state index in [0.717, 1.165) is 5.56 Å². The second-order valence-corrected chi connectivity index (χ2v) is 7.67. The first-order chi connectivity index (χ1) is 14.8.